The van der Waals surface area contributed by atoms with E-state index >= 15 is 0 Å². The molecule has 2 aromatic rings. The maximum absolute atomic E-state index is 12.8. The number of fused-ring (bicyclic) bond motifs is 1. The summed E-state index contributed by atoms with van der Waals surface area (Å²) in [6, 6.07) is 9.73. The lowest BCUT2D eigenvalue weighted by Crippen LogP contribution is -3.13. The van der Waals surface area contributed by atoms with Gasteiger partial charge >= 0.3 is 0 Å². The van der Waals surface area contributed by atoms with Gasteiger partial charge < -0.3 is 19.1 Å². The summed E-state index contributed by atoms with van der Waals surface area (Å²) in [6.45, 7) is 6.78. The van der Waals surface area contributed by atoms with Crippen molar-refractivity contribution in [3.63, 3.8) is 0 Å². The molecule has 3 aliphatic rings. The highest BCUT2D eigenvalue weighted by Crippen LogP contribution is 2.32. The molecular formula is C21H28N4O5S+2. The molecule has 5 rings (SSSR count). The van der Waals surface area contributed by atoms with Crippen LogP contribution in [0.15, 0.2) is 41.4 Å². The first kappa shape index (κ1) is 20.5. The Bertz CT molecular complexity index is 1020. The second-order valence-corrected chi connectivity index (χ2v) is 9.97. The Kier molecular flexibility index (Phi) is 5.70. The molecule has 31 heavy (non-hydrogen) atoms. The number of anilines is 1. The number of pyridine rings is 1. The number of sulfonamides is 1. The largest absolute Gasteiger partial charge is 0.454 e. The van der Waals surface area contributed by atoms with E-state index in [0.29, 0.717) is 38.0 Å². The summed E-state index contributed by atoms with van der Waals surface area (Å²) in [5, 5.41) is 0. The fraction of sp³-hybridized carbons (Fsp3) is 0.476. The van der Waals surface area contributed by atoms with Gasteiger partial charge in [0, 0.05) is 24.7 Å². The van der Waals surface area contributed by atoms with Gasteiger partial charge in [-0.1, -0.05) is 0 Å². The van der Waals surface area contributed by atoms with E-state index in [1.54, 1.807) is 12.3 Å². The molecule has 0 aliphatic carbocycles. The van der Waals surface area contributed by atoms with Crippen LogP contribution in [0, 0.1) is 0 Å². The van der Waals surface area contributed by atoms with E-state index in [9.17, 15) is 8.42 Å². The molecule has 4 heterocycles. The van der Waals surface area contributed by atoms with Crippen molar-refractivity contribution in [2.24, 2.45) is 0 Å². The van der Waals surface area contributed by atoms with E-state index in [-0.39, 0.29) is 0 Å². The van der Waals surface area contributed by atoms with Crippen LogP contribution in [0.3, 0.4) is 0 Å². The van der Waals surface area contributed by atoms with Crippen LogP contribution in [0.4, 0.5) is 5.82 Å². The van der Waals surface area contributed by atoms with E-state index in [2.05, 4.69) is 22.0 Å². The lowest BCUT2D eigenvalue weighted by Gasteiger charge is -2.28. The molecule has 0 atom stereocenters. The van der Waals surface area contributed by atoms with Gasteiger partial charge in [-0.3, -0.25) is 4.90 Å². The van der Waals surface area contributed by atoms with Crippen LogP contribution in [0.25, 0.3) is 0 Å². The van der Waals surface area contributed by atoms with Crippen molar-refractivity contribution in [2.75, 3.05) is 64.2 Å². The second-order valence-electron chi connectivity index (χ2n) is 8.03. The zero-order valence-corrected chi connectivity index (χ0v) is 18.2. The van der Waals surface area contributed by atoms with Crippen molar-refractivity contribution in [1.82, 2.24) is 4.31 Å². The molecule has 2 N–H and O–H groups in total. The molecule has 0 radical (unpaired) electrons. The number of nitrogens with one attached hydrogen (secondary N) is 2. The molecule has 9 nitrogen and oxygen atoms in total. The summed E-state index contributed by atoms with van der Waals surface area (Å²) >= 11 is 0. The van der Waals surface area contributed by atoms with Crippen molar-refractivity contribution in [2.45, 2.75) is 11.4 Å². The van der Waals surface area contributed by atoms with Crippen molar-refractivity contribution in [1.29, 1.82) is 0 Å². The van der Waals surface area contributed by atoms with Crippen LogP contribution in [-0.4, -0.2) is 72.0 Å². The van der Waals surface area contributed by atoms with Gasteiger partial charge in [0.25, 0.3) is 5.82 Å². The highest BCUT2D eigenvalue weighted by atomic mass is 32.2. The summed E-state index contributed by atoms with van der Waals surface area (Å²) in [7, 11) is -3.48. The minimum Gasteiger partial charge on any atom is -0.454 e. The van der Waals surface area contributed by atoms with E-state index in [1.165, 1.54) is 14.8 Å². The van der Waals surface area contributed by atoms with Gasteiger partial charge in [-0.15, -0.1) is 0 Å². The van der Waals surface area contributed by atoms with Gasteiger partial charge in [0.1, 0.15) is 43.8 Å². The zero-order valence-electron chi connectivity index (χ0n) is 17.4. The third-order valence-electron chi connectivity index (χ3n) is 6.08. The number of aromatic amines is 1. The molecule has 1 aromatic carbocycles. The van der Waals surface area contributed by atoms with Crippen LogP contribution in [-0.2, 0) is 21.3 Å². The average Bonchev–Trinajstić information content (AvgIpc) is 3.28. The van der Waals surface area contributed by atoms with Crippen LogP contribution in [0.2, 0.25) is 0 Å². The molecule has 10 heteroatoms. The van der Waals surface area contributed by atoms with Gasteiger partial charge in [0.05, 0.1) is 13.2 Å². The maximum atomic E-state index is 12.8. The number of hydrogen-bond donors (Lipinski definition) is 1. The van der Waals surface area contributed by atoms with Crippen molar-refractivity contribution in [3.8, 4) is 11.5 Å². The number of benzene rings is 1. The van der Waals surface area contributed by atoms with Gasteiger partial charge in [-0.25, -0.2) is 13.4 Å². The Balaban J connectivity index is 1.18. The molecule has 3 aliphatic heterocycles. The van der Waals surface area contributed by atoms with Crippen molar-refractivity contribution >= 4 is 15.8 Å². The number of rotatable bonds is 5. The third kappa shape index (κ3) is 4.33. The van der Waals surface area contributed by atoms with Gasteiger partial charge in [-0.05, 0) is 24.3 Å². The number of H-pyrrole nitrogens is 1. The first-order valence-electron chi connectivity index (χ1n) is 10.7. The van der Waals surface area contributed by atoms with E-state index < -0.39 is 10.0 Å². The third-order valence-corrected chi connectivity index (χ3v) is 7.97. The topological polar surface area (TPSA) is 86.9 Å². The smallest absolute Gasteiger partial charge is 0.274 e. The minimum atomic E-state index is -3.48. The summed E-state index contributed by atoms with van der Waals surface area (Å²) in [5.74, 6) is 2.60. The number of piperazine rings is 1. The zero-order chi connectivity index (χ0) is 21.3. The molecule has 2 fully saturated rings. The summed E-state index contributed by atoms with van der Waals surface area (Å²) in [5.41, 5.74) is 1.25. The summed E-state index contributed by atoms with van der Waals surface area (Å²) in [6.07, 6.45) is 1.60. The molecule has 0 unspecified atom stereocenters. The molecule has 0 spiro atoms. The lowest BCUT2D eigenvalue weighted by atomic mass is 10.1. The summed E-state index contributed by atoms with van der Waals surface area (Å²) < 4.78 is 43.2. The van der Waals surface area contributed by atoms with E-state index in [0.717, 1.165) is 50.0 Å². The Labute approximate surface area is 182 Å². The Morgan fingerprint density at radius 1 is 0.968 bits per heavy atom. The number of aromatic nitrogens is 1. The number of ether oxygens (including phenoxy) is 3. The maximum Gasteiger partial charge on any atom is 0.274 e. The predicted octanol–water partition coefficient (Wildman–Crippen LogP) is -0.845. The molecule has 166 valence electrons. The van der Waals surface area contributed by atoms with E-state index in [1.807, 2.05) is 12.1 Å². The molecule has 0 bridgehead atoms. The van der Waals surface area contributed by atoms with Gasteiger partial charge in [-0.2, -0.15) is 4.31 Å². The molecule has 0 amide bonds. The lowest BCUT2D eigenvalue weighted by molar-refractivity contribution is -0.914. The molecule has 0 saturated carbocycles. The molecule has 1 aromatic heterocycles. The molecular weight excluding hydrogens is 420 g/mol. The highest BCUT2D eigenvalue weighted by Gasteiger charge is 2.30. The van der Waals surface area contributed by atoms with Crippen molar-refractivity contribution in [3.05, 3.63) is 42.1 Å². The van der Waals surface area contributed by atoms with E-state index in [4.69, 9.17) is 14.2 Å². The first-order valence-corrected chi connectivity index (χ1v) is 12.1. The normalized spacial score (nSPS) is 20.2. The quantitative estimate of drug-likeness (QED) is 0.642. The summed E-state index contributed by atoms with van der Waals surface area (Å²) in [4.78, 5) is 7.28. The monoisotopic (exact) mass is 448 g/mol. The van der Waals surface area contributed by atoms with Gasteiger partial charge in [0.2, 0.25) is 16.8 Å². The SMILES string of the molecule is O=S(=O)(c1ccc(N2CC[NH+](Cc3ccc4c(c3)OCO4)CC2)[nH+]c1)N1CCOCC1. The average molecular weight is 449 g/mol. The standard InChI is InChI=1S/C21H26N4O5S/c26-31(27,25-9-11-28-12-10-25)18-2-4-21(22-14-18)24-7-5-23(6-8-24)15-17-1-3-19-20(13-17)30-16-29-19/h1-4,13-14H,5-12,15-16H2/p+2. The number of quaternary nitrogens is 1. The van der Waals surface area contributed by atoms with Crippen LogP contribution in [0.1, 0.15) is 5.56 Å². The Morgan fingerprint density at radius 3 is 2.48 bits per heavy atom. The van der Waals surface area contributed by atoms with Crippen molar-refractivity contribution < 1.29 is 32.5 Å². The Hall–Kier alpha value is -2.40. The minimum absolute atomic E-state index is 0.296. The number of nitrogens with zero attached hydrogens (tertiary/aromatic N) is 2. The fourth-order valence-electron chi connectivity index (χ4n) is 4.28. The van der Waals surface area contributed by atoms with Crippen LogP contribution >= 0.6 is 0 Å². The second kappa shape index (κ2) is 8.62. The van der Waals surface area contributed by atoms with Crippen LogP contribution in [0.5, 0.6) is 11.5 Å². The number of hydrogen-bond acceptors (Lipinski definition) is 6. The number of morpholine rings is 1. The predicted molar refractivity (Wildman–Crippen MR) is 112 cm³/mol. The van der Waals surface area contributed by atoms with Gasteiger partial charge in [0.15, 0.2) is 11.5 Å². The fourth-order valence-corrected chi connectivity index (χ4v) is 5.65. The first-order chi connectivity index (χ1) is 15.1. The highest BCUT2D eigenvalue weighted by molar-refractivity contribution is 7.89. The Morgan fingerprint density at radius 2 is 1.74 bits per heavy atom. The van der Waals surface area contributed by atoms with Crippen LogP contribution < -0.4 is 24.3 Å². The molecule has 2 saturated heterocycles.